The molecule has 0 amide bonds. The molecule has 0 aliphatic heterocycles. The van der Waals surface area contributed by atoms with Gasteiger partial charge in [-0.05, 0) is 12.1 Å². The first-order valence-electron chi connectivity index (χ1n) is 6.55. The van der Waals surface area contributed by atoms with Crippen LogP contribution >= 0.6 is 0 Å². The van der Waals surface area contributed by atoms with Crippen molar-refractivity contribution in [1.29, 1.82) is 0 Å². The van der Waals surface area contributed by atoms with Crippen LogP contribution in [-0.4, -0.2) is 67.2 Å². The average Bonchev–Trinajstić information content (AvgIpc) is 2.50. The molecule has 1 aromatic rings. The molecule has 6 nitrogen and oxygen atoms in total. The number of hydrogen-bond acceptors (Lipinski definition) is 6. The largest absolute Gasteiger partial charge is 0.485 e. The first-order chi connectivity index (χ1) is 9.81. The van der Waals surface area contributed by atoms with Crippen molar-refractivity contribution in [2.75, 3.05) is 39.6 Å². The van der Waals surface area contributed by atoms with Gasteiger partial charge in [0.25, 0.3) is 0 Å². The molecule has 0 radical (unpaired) electrons. The summed E-state index contributed by atoms with van der Waals surface area (Å²) in [5, 5.41) is 27.2. The van der Waals surface area contributed by atoms with Gasteiger partial charge in [-0.1, -0.05) is 18.2 Å². The highest BCUT2D eigenvalue weighted by atomic mass is 16.6. The Morgan fingerprint density at radius 2 is 1.55 bits per heavy atom. The summed E-state index contributed by atoms with van der Waals surface area (Å²) < 4.78 is 16.0. The first-order valence-corrected chi connectivity index (χ1v) is 6.55. The summed E-state index contributed by atoms with van der Waals surface area (Å²) in [6.07, 6.45) is -1.29. The summed E-state index contributed by atoms with van der Waals surface area (Å²) in [6, 6.07) is 9.03. The Hall–Kier alpha value is -1.18. The van der Waals surface area contributed by atoms with Gasteiger partial charge in [-0.15, -0.1) is 0 Å². The summed E-state index contributed by atoms with van der Waals surface area (Å²) in [4.78, 5) is 0. The number of rotatable bonds is 11. The lowest BCUT2D eigenvalue weighted by Gasteiger charge is -2.25. The minimum absolute atomic E-state index is 0.0419. The summed E-state index contributed by atoms with van der Waals surface area (Å²) in [5.41, 5.74) is 0. The van der Waals surface area contributed by atoms with Crippen molar-refractivity contribution in [1.82, 2.24) is 0 Å². The van der Waals surface area contributed by atoms with E-state index < -0.39 is 12.2 Å². The molecule has 1 rings (SSSR count). The Morgan fingerprint density at radius 3 is 2.15 bits per heavy atom. The number of hydrogen-bond donors (Lipinski definition) is 3. The molecule has 0 saturated carbocycles. The number of ether oxygens (including phenoxy) is 3. The van der Waals surface area contributed by atoms with Crippen LogP contribution in [0.1, 0.15) is 0 Å². The van der Waals surface area contributed by atoms with Gasteiger partial charge in [0.05, 0.1) is 39.6 Å². The molecule has 20 heavy (non-hydrogen) atoms. The lowest BCUT2D eigenvalue weighted by Crippen LogP contribution is -2.40. The highest BCUT2D eigenvalue weighted by Crippen LogP contribution is 2.13. The first kappa shape index (κ1) is 16.9. The van der Waals surface area contributed by atoms with Gasteiger partial charge in [0.2, 0.25) is 0 Å². The predicted molar refractivity (Wildman–Crippen MR) is 72.7 cm³/mol. The van der Waals surface area contributed by atoms with Crippen LogP contribution < -0.4 is 4.74 Å². The van der Waals surface area contributed by atoms with Crippen molar-refractivity contribution in [2.24, 2.45) is 0 Å². The molecule has 114 valence electrons. The quantitative estimate of drug-likeness (QED) is 0.489. The van der Waals surface area contributed by atoms with Gasteiger partial charge in [0, 0.05) is 0 Å². The second-order valence-electron chi connectivity index (χ2n) is 4.08. The Labute approximate surface area is 118 Å². The number of para-hydroxylation sites is 1. The zero-order valence-corrected chi connectivity index (χ0v) is 11.4. The normalized spacial score (nSPS) is 13.9. The Balaban J connectivity index is 2.39. The average molecular weight is 286 g/mol. The van der Waals surface area contributed by atoms with Gasteiger partial charge in [0.1, 0.15) is 18.0 Å². The van der Waals surface area contributed by atoms with E-state index in [0.717, 1.165) is 0 Å². The van der Waals surface area contributed by atoms with E-state index in [4.69, 9.17) is 19.3 Å². The van der Waals surface area contributed by atoms with Crippen LogP contribution in [0.4, 0.5) is 0 Å². The summed E-state index contributed by atoms with van der Waals surface area (Å²) in [6.45, 7) is 0.229. The second kappa shape index (κ2) is 10.6. The fourth-order valence-corrected chi connectivity index (χ4v) is 1.61. The molecule has 0 aromatic heterocycles. The SMILES string of the molecule is OCCOCCOC(CO)C(CO)Oc1ccccc1. The summed E-state index contributed by atoms with van der Waals surface area (Å²) in [5.74, 6) is 0.602. The Bertz CT molecular complexity index is 332. The van der Waals surface area contributed by atoms with Gasteiger partial charge in [-0.25, -0.2) is 0 Å². The smallest absolute Gasteiger partial charge is 0.150 e. The van der Waals surface area contributed by atoms with Crippen molar-refractivity contribution in [3.05, 3.63) is 30.3 Å². The van der Waals surface area contributed by atoms with Crippen molar-refractivity contribution in [3.63, 3.8) is 0 Å². The molecule has 3 N–H and O–H groups in total. The third-order valence-electron chi connectivity index (χ3n) is 2.60. The minimum Gasteiger partial charge on any atom is -0.485 e. The third kappa shape index (κ3) is 6.31. The van der Waals surface area contributed by atoms with Gasteiger partial charge in [0.15, 0.2) is 0 Å². The molecule has 0 aliphatic rings. The Kier molecular flexibility index (Phi) is 8.93. The van der Waals surface area contributed by atoms with E-state index in [-0.39, 0.29) is 33.0 Å². The standard InChI is InChI=1S/C14H22O6/c15-6-7-18-8-9-19-13(10-16)14(11-17)20-12-4-2-1-3-5-12/h1-5,13-17H,6-11H2. The lowest BCUT2D eigenvalue weighted by atomic mass is 10.2. The molecule has 0 spiro atoms. The zero-order valence-electron chi connectivity index (χ0n) is 11.4. The fraction of sp³-hybridized carbons (Fsp3) is 0.571. The number of aliphatic hydroxyl groups is 3. The topological polar surface area (TPSA) is 88.4 Å². The maximum atomic E-state index is 9.35. The van der Waals surface area contributed by atoms with Crippen molar-refractivity contribution >= 4 is 0 Å². The van der Waals surface area contributed by atoms with Crippen LogP contribution in [0.5, 0.6) is 5.75 Å². The molecule has 0 bridgehead atoms. The molecule has 0 fully saturated rings. The van der Waals surface area contributed by atoms with Crippen LogP contribution in [0.3, 0.4) is 0 Å². The van der Waals surface area contributed by atoms with E-state index in [1.165, 1.54) is 0 Å². The van der Waals surface area contributed by atoms with E-state index >= 15 is 0 Å². The highest BCUT2D eigenvalue weighted by molar-refractivity contribution is 5.21. The molecular weight excluding hydrogens is 264 g/mol. The van der Waals surface area contributed by atoms with E-state index in [9.17, 15) is 10.2 Å². The number of aliphatic hydroxyl groups excluding tert-OH is 3. The van der Waals surface area contributed by atoms with Crippen LogP contribution in [0, 0.1) is 0 Å². The number of benzene rings is 1. The van der Waals surface area contributed by atoms with Gasteiger partial charge < -0.3 is 29.5 Å². The lowest BCUT2D eigenvalue weighted by molar-refractivity contribution is -0.0831. The van der Waals surface area contributed by atoms with Gasteiger partial charge in [-0.3, -0.25) is 0 Å². The van der Waals surface area contributed by atoms with Crippen molar-refractivity contribution in [3.8, 4) is 5.75 Å². The van der Waals surface area contributed by atoms with E-state index in [0.29, 0.717) is 12.4 Å². The molecule has 0 aliphatic carbocycles. The third-order valence-corrected chi connectivity index (χ3v) is 2.60. The van der Waals surface area contributed by atoms with Crippen molar-refractivity contribution < 1.29 is 29.5 Å². The molecule has 2 atom stereocenters. The maximum Gasteiger partial charge on any atom is 0.150 e. The molecule has 2 unspecified atom stereocenters. The monoisotopic (exact) mass is 286 g/mol. The summed E-state index contributed by atoms with van der Waals surface area (Å²) in [7, 11) is 0. The Morgan fingerprint density at radius 1 is 0.850 bits per heavy atom. The predicted octanol–water partition coefficient (Wildman–Crippen LogP) is -0.187. The molecule has 0 saturated heterocycles. The molecule has 1 aromatic carbocycles. The van der Waals surface area contributed by atoms with Crippen LogP contribution in [-0.2, 0) is 9.47 Å². The van der Waals surface area contributed by atoms with E-state index in [1.807, 2.05) is 18.2 Å². The van der Waals surface area contributed by atoms with E-state index in [1.54, 1.807) is 12.1 Å². The maximum absolute atomic E-state index is 9.35. The molecular formula is C14H22O6. The van der Waals surface area contributed by atoms with E-state index in [2.05, 4.69) is 0 Å². The van der Waals surface area contributed by atoms with Gasteiger partial charge in [-0.2, -0.15) is 0 Å². The zero-order chi connectivity index (χ0) is 14.6. The highest BCUT2D eigenvalue weighted by Gasteiger charge is 2.22. The van der Waals surface area contributed by atoms with Crippen molar-refractivity contribution in [2.45, 2.75) is 12.2 Å². The van der Waals surface area contributed by atoms with Crippen LogP contribution in [0.25, 0.3) is 0 Å². The molecule has 6 heteroatoms. The van der Waals surface area contributed by atoms with Gasteiger partial charge >= 0.3 is 0 Å². The minimum atomic E-state index is -0.653. The van der Waals surface area contributed by atoms with Crippen LogP contribution in [0.15, 0.2) is 30.3 Å². The molecule has 0 heterocycles. The second-order valence-corrected chi connectivity index (χ2v) is 4.08. The van der Waals surface area contributed by atoms with Crippen LogP contribution in [0.2, 0.25) is 0 Å². The fourth-order valence-electron chi connectivity index (χ4n) is 1.61. The summed E-state index contributed by atoms with van der Waals surface area (Å²) >= 11 is 0.